The fourth-order valence-electron chi connectivity index (χ4n) is 3.77. The number of amides is 2. The first kappa shape index (κ1) is 25.9. The second-order valence-electron chi connectivity index (χ2n) is 9.07. The van der Waals surface area contributed by atoms with Crippen molar-refractivity contribution in [2.45, 2.75) is 39.8 Å². The number of ether oxygens (including phenoxy) is 1. The Morgan fingerprint density at radius 3 is 2.31 bits per heavy atom. The van der Waals surface area contributed by atoms with Gasteiger partial charge in [-0.05, 0) is 36.1 Å². The van der Waals surface area contributed by atoms with E-state index in [-0.39, 0.29) is 30.7 Å². The number of para-hydroxylation sites is 1. The predicted molar refractivity (Wildman–Crippen MR) is 135 cm³/mol. The normalized spacial score (nSPS) is 11.7. The van der Waals surface area contributed by atoms with Crippen LogP contribution in [0.4, 0.5) is 4.39 Å². The molecule has 0 radical (unpaired) electrons. The highest BCUT2D eigenvalue weighted by atomic mass is 19.1. The molecule has 35 heavy (non-hydrogen) atoms. The van der Waals surface area contributed by atoms with Gasteiger partial charge in [-0.15, -0.1) is 0 Å². The zero-order valence-electron chi connectivity index (χ0n) is 20.5. The summed E-state index contributed by atoms with van der Waals surface area (Å²) in [7, 11) is 0. The van der Waals surface area contributed by atoms with Gasteiger partial charge in [0, 0.05) is 19.5 Å². The summed E-state index contributed by atoms with van der Waals surface area (Å²) in [6.45, 7) is 6.37. The molecule has 2 amide bonds. The van der Waals surface area contributed by atoms with Crippen LogP contribution in [0.25, 0.3) is 0 Å². The number of rotatable bonds is 11. The van der Waals surface area contributed by atoms with Crippen LogP contribution in [0.3, 0.4) is 0 Å². The summed E-state index contributed by atoms with van der Waals surface area (Å²) in [5, 5.41) is 2.98. The van der Waals surface area contributed by atoms with Crippen molar-refractivity contribution in [2.75, 3.05) is 13.2 Å². The maximum absolute atomic E-state index is 14.1. The second-order valence-corrected chi connectivity index (χ2v) is 9.07. The number of halogens is 1. The Hall–Kier alpha value is -3.67. The number of nitrogens with zero attached hydrogens (tertiary/aromatic N) is 1. The molecule has 3 rings (SSSR count). The number of carbonyl (C=O) groups excluding carboxylic acids is 2. The zero-order chi connectivity index (χ0) is 25.2. The van der Waals surface area contributed by atoms with Crippen molar-refractivity contribution in [3.8, 4) is 5.75 Å². The van der Waals surface area contributed by atoms with Crippen LogP contribution in [0, 0.1) is 18.7 Å². The van der Waals surface area contributed by atoms with Gasteiger partial charge in [0.15, 0.2) is 18.2 Å². The third kappa shape index (κ3) is 7.95. The highest BCUT2D eigenvalue weighted by Crippen LogP contribution is 2.18. The van der Waals surface area contributed by atoms with E-state index in [9.17, 15) is 14.0 Å². The summed E-state index contributed by atoms with van der Waals surface area (Å²) in [5.74, 6) is -0.896. The van der Waals surface area contributed by atoms with Crippen molar-refractivity contribution in [2.24, 2.45) is 5.92 Å². The van der Waals surface area contributed by atoms with Gasteiger partial charge in [0.1, 0.15) is 6.04 Å². The molecule has 0 fully saturated rings. The molecule has 5 nitrogen and oxygen atoms in total. The lowest BCUT2D eigenvalue weighted by Crippen LogP contribution is -2.52. The van der Waals surface area contributed by atoms with Crippen molar-refractivity contribution >= 4 is 11.8 Å². The van der Waals surface area contributed by atoms with Gasteiger partial charge in [0.05, 0.1) is 0 Å². The van der Waals surface area contributed by atoms with Crippen LogP contribution in [-0.2, 0) is 22.6 Å². The quantitative estimate of drug-likeness (QED) is 0.427. The van der Waals surface area contributed by atoms with E-state index in [1.807, 2.05) is 75.4 Å². The van der Waals surface area contributed by atoms with Crippen molar-refractivity contribution in [3.63, 3.8) is 0 Å². The average Bonchev–Trinajstić information content (AvgIpc) is 2.84. The topological polar surface area (TPSA) is 58.6 Å². The summed E-state index contributed by atoms with van der Waals surface area (Å²) in [6, 6.07) is 22.6. The highest BCUT2D eigenvalue weighted by Gasteiger charge is 2.31. The van der Waals surface area contributed by atoms with Crippen molar-refractivity contribution < 1.29 is 18.7 Å². The van der Waals surface area contributed by atoms with Gasteiger partial charge >= 0.3 is 0 Å². The monoisotopic (exact) mass is 476 g/mol. The van der Waals surface area contributed by atoms with Gasteiger partial charge in [0.25, 0.3) is 5.91 Å². The first-order valence-electron chi connectivity index (χ1n) is 11.9. The third-order valence-corrected chi connectivity index (χ3v) is 5.58. The van der Waals surface area contributed by atoms with E-state index in [0.29, 0.717) is 13.0 Å². The third-order valence-electron chi connectivity index (χ3n) is 5.58. The first-order chi connectivity index (χ1) is 16.8. The van der Waals surface area contributed by atoms with Crippen LogP contribution in [0.2, 0.25) is 0 Å². The molecule has 0 aliphatic rings. The van der Waals surface area contributed by atoms with Crippen LogP contribution in [0.15, 0.2) is 78.9 Å². The van der Waals surface area contributed by atoms with Crippen LogP contribution in [-0.4, -0.2) is 35.9 Å². The molecule has 6 heteroatoms. The maximum Gasteiger partial charge on any atom is 0.261 e. The van der Waals surface area contributed by atoms with E-state index in [4.69, 9.17) is 4.74 Å². The van der Waals surface area contributed by atoms with Crippen LogP contribution in [0.5, 0.6) is 5.75 Å². The van der Waals surface area contributed by atoms with E-state index >= 15 is 0 Å². The summed E-state index contributed by atoms with van der Waals surface area (Å²) in [4.78, 5) is 28.4. The van der Waals surface area contributed by atoms with Gasteiger partial charge in [0.2, 0.25) is 5.91 Å². The molecule has 0 bridgehead atoms. The molecule has 184 valence electrons. The Morgan fingerprint density at radius 2 is 1.63 bits per heavy atom. The van der Waals surface area contributed by atoms with Crippen LogP contribution >= 0.6 is 0 Å². The number of hydrogen-bond donors (Lipinski definition) is 1. The van der Waals surface area contributed by atoms with Gasteiger partial charge < -0.3 is 15.0 Å². The molecule has 0 unspecified atom stereocenters. The molecule has 0 spiro atoms. The largest absolute Gasteiger partial charge is 0.481 e. The van der Waals surface area contributed by atoms with Gasteiger partial charge in [-0.25, -0.2) is 4.39 Å². The molecule has 3 aromatic carbocycles. The molecule has 0 saturated heterocycles. The molecule has 0 heterocycles. The van der Waals surface area contributed by atoms with Crippen LogP contribution in [0.1, 0.15) is 30.5 Å². The Bertz CT molecular complexity index is 1120. The highest BCUT2D eigenvalue weighted by molar-refractivity contribution is 5.88. The number of benzene rings is 3. The van der Waals surface area contributed by atoms with Crippen molar-refractivity contribution in [3.05, 3.63) is 101 Å². The Balaban J connectivity index is 1.91. The average molecular weight is 477 g/mol. The van der Waals surface area contributed by atoms with Gasteiger partial charge in [-0.3, -0.25) is 9.59 Å². The minimum absolute atomic E-state index is 0.000208. The predicted octanol–water partition coefficient (Wildman–Crippen LogP) is 4.93. The summed E-state index contributed by atoms with van der Waals surface area (Å²) >= 11 is 0. The number of hydrogen-bond acceptors (Lipinski definition) is 3. The molecule has 0 aliphatic carbocycles. The maximum atomic E-state index is 14.1. The lowest BCUT2D eigenvalue weighted by atomic mass is 10.0. The Kier molecular flexibility index (Phi) is 9.41. The smallest absolute Gasteiger partial charge is 0.261 e. The minimum atomic E-state index is -0.756. The second kappa shape index (κ2) is 12.7. The number of nitrogens with one attached hydrogen (secondary N) is 1. The molecular weight excluding hydrogens is 443 g/mol. The van der Waals surface area contributed by atoms with Crippen molar-refractivity contribution in [1.82, 2.24) is 10.2 Å². The number of aryl methyl sites for hydroxylation is 1. The van der Waals surface area contributed by atoms with E-state index in [0.717, 1.165) is 16.7 Å². The SMILES string of the molecule is Cc1cccc(CN(C(=O)COc2ccccc2F)[C@H](Cc2ccccc2)C(=O)NCC(C)C)c1. The van der Waals surface area contributed by atoms with E-state index in [1.165, 1.54) is 17.0 Å². The van der Waals surface area contributed by atoms with E-state index < -0.39 is 17.8 Å². The molecule has 1 N–H and O–H groups in total. The standard InChI is InChI=1S/C29H33FN2O3/c1-21(2)18-31-29(34)26(17-23-11-5-4-6-12-23)32(19-24-13-9-10-22(3)16-24)28(33)20-35-27-15-8-7-14-25(27)30/h4-16,21,26H,17-20H2,1-3H3,(H,31,34)/t26-/m1/s1. The molecule has 0 aliphatic heterocycles. The van der Waals surface area contributed by atoms with Crippen molar-refractivity contribution in [1.29, 1.82) is 0 Å². The summed E-state index contributed by atoms with van der Waals surface area (Å²) < 4.78 is 19.6. The van der Waals surface area contributed by atoms with Gasteiger partial charge in [-0.2, -0.15) is 0 Å². The lowest BCUT2D eigenvalue weighted by molar-refractivity contribution is -0.142. The summed E-state index contributed by atoms with van der Waals surface area (Å²) in [6.07, 6.45) is 0.349. The van der Waals surface area contributed by atoms with Gasteiger partial charge in [-0.1, -0.05) is 86.1 Å². The molecule has 1 atom stereocenters. The van der Waals surface area contributed by atoms with E-state index in [2.05, 4.69) is 5.32 Å². The Labute approximate surface area is 206 Å². The van der Waals surface area contributed by atoms with E-state index in [1.54, 1.807) is 12.1 Å². The first-order valence-corrected chi connectivity index (χ1v) is 11.9. The molecule has 0 saturated carbocycles. The Morgan fingerprint density at radius 1 is 0.943 bits per heavy atom. The minimum Gasteiger partial charge on any atom is -0.481 e. The molecular formula is C29H33FN2O3. The zero-order valence-corrected chi connectivity index (χ0v) is 20.5. The fraction of sp³-hybridized carbons (Fsp3) is 0.310. The summed E-state index contributed by atoms with van der Waals surface area (Å²) in [5.41, 5.74) is 2.90. The lowest BCUT2D eigenvalue weighted by Gasteiger charge is -2.31. The number of carbonyl (C=O) groups is 2. The molecule has 3 aromatic rings. The van der Waals surface area contributed by atoms with Crippen LogP contribution < -0.4 is 10.1 Å². The molecule has 0 aromatic heterocycles. The fourth-order valence-corrected chi connectivity index (χ4v) is 3.77.